The average molecular weight is 289 g/mol. The predicted molar refractivity (Wildman–Crippen MR) is 83.8 cm³/mol. The van der Waals surface area contributed by atoms with Gasteiger partial charge in [-0.05, 0) is 29.3 Å². The summed E-state index contributed by atoms with van der Waals surface area (Å²) in [6.07, 6.45) is 4.67. The molecule has 3 aromatic rings. The highest BCUT2D eigenvalue weighted by molar-refractivity contribution is 6.04. The molecule has 1 aromatic carbocycles. The van der Waals surface area contributed by atoms with Crippen LogP contribution in [0.3, 0.4) is 0 Å². The summed E-state index contributed by atoms with van der Waals surface area (Å²) in [5.74, 6) is 1.11. The van der Waals surface area contributed by atoms with E-state index in [1.807, 2.05) is 48.5 Å². The lowest BCUT2D eigenvalue weighted by atomic mass is 9.81. The molecule has 0 spiro atoms. The van der Waals surface area contributed by atoms with Gasteiger partial charge in [0, 0.05) is 30.5 Å². The molecule has 1 aliphatic carbocycles. The molecule has 0 bridgehead atoms. The molecule has 0 fully saturated rings. The molecule has 1 atom stereocenters. The molecule has 0 unspecified atom stereocenters. The Morgan fingerprint density at radius 3 is 2.64 bits per heavy atom. The number of Topliss-reactive ketones (excluding diaryl/α,β-unsaturated/α-hetero) is 1. The second-order valence-electron chi connectivity index (χ2n) is 5.59. The topological polar surface area (TPSA) is 43.1 Å². The molecule has 2 aromatic heterocycles. The minimum Gasteiger partial charge on any atom is -0.469 e. The van der Waals surface area contributed by atoms with Crippen LogP contribution in [0.15, 0.2) is 65.4 Å². The van der Waals surface area contributed by atoms with E-state index in [9.17, 15) is 4.79 Å². The van der Waals surface area contributed by atoms with E-state index < -0.39 is 0 Å². The summed E-state index contributed by atoms with van der Waals surface area (Å²) in [6, 6.07) is 15.7. The third kappa shape index (κ3) is 2.15. The van der Waals surface area contributed by atoms with Crippen LogP contribution in [0.5, 0.6) is 0 Å². The van der Waals surface area contributed by atoms with E-state index in [-0.39, 0.29) is 11.7 Å². The van der Waals surface area contributed by atoms with Crippen molar-refractivity contribution in [2.24, 2.45) is 0 Å². The average Bonchev–Trinajstić information content (AvgIpc) is 3.09. The van der Waals surface area contributed by atoms with Gasteiger partial charge >= 0.3 is 0 Å². The summed E-state index contributed by atoms with van der Waals surface area (Å²) in [5, 5.41) is 0. The molecule has 0 saturated heterocycles. The number of carbonyl (C=O) groups is 1. The Hall–Kier alpha value is -2.68. The number of fused-ring (bicyclic) bond motifs is 1. The molecule has 0 saturated carbocycles. The monoisotopic (exact) mass is 289 g/mol. The zero-order chi connectivity index (χ0) is 14.9. The first-order valence-electron chi connectivity index (χ1n) is 7.43. The SMILES string of the molecule is O=C1C[C@@H](c2ccco2)Cc2nccc(-c3ccccc3)c21. The number of benzene rings is 1. The van der Waals surface area contributed by atoms with Crippen molar-refractivity contribution in [1.29, 1.82) is 0 Å². The zero-order valence-electron chi connectivity index (χ0n) is 12.0. The fourth-order valence-electron chi connectivity index (χ4n) is 3.19. The lowest BCUT2D eigenvalue weighted by molar-refractivity contribution is 0.0960. The molecule has 4 rings (SSSR count). The highest BCUT2D eigenvalue weighted by Crippen LogP contribution is 2.36. The smallest absolute Gasteiger partial charge is 0.166 e. The van der Waals surface area contributed by atoms with Crippen LogP contribution in [-0.2, 0) is 6.42 Å². The summed E-state index contributed by atoms with van der Waals surface area (Å²) < 4.78 is 5.47. The van der Waals surface area contributed by atoms with E-state index in [0.717, 1.165) is 34.6 Å². The van der Waals surface area contributed by atoms with E-state index >= 15 is 0 Å². The summed E-state index contributed by atoms with van der Waals surface area (Å²) in [4.78, 5) is 17.2. The summed E-state index contributed by atoms with van der Waals surface area (Å²) in [7, 11) is 0. The van der Waals surface area contributed by atoms with Gasteiger partial charge in [0.1, 0.15) is 5.76 Å². The van der Waals surface area contributed by atoms with Crippen molar-refractivity contribution in [2.45, 2.75) is 18.8 Å². The van der Waals surface area contributed by atoms with Crippen molar-refractivity contribution in [2.75, 3.05) is 0 Å². The Bertz CT molecular complexity index is 807. The van der Waals surface area contributed by atoms with Gasteiger partial charge in [-0.25, -0.2) is 0 Å². The Morgan fingerprint density at radius 1 is 1.00 bits per heavy atom. The molecule has 3 heteroatoms. The number of furan rings is 1. The van der Waals surface area contributed by atoms with E-state index in [1.54, 1.807) is 12.5 Å². The Labute approximate surface area is 128 Å². The normalized spacial score (nSPS) is 17.3. The van der Waals surface area contributed by atoms with Gasteiger partial charge in [0.2, 0.25) is 0 Å². The molecule has 0 radical (unpaired) electrons. The maximum Gasteiger partial charge on any atom is 0.166 e. The number of nitrogens with zero attached hydrogens (tertiary/aromatic N) is 1. The number of pyridine rings is 1. The molecule has 0 amide bonds. The van der Waals surface area contributed by atoms with Gasteiger partial charge in [-0.15, -0.1) is 0 Å². The molecule has 108 valence electrons. The van der Waals surface area contributed by atoms with E-state index in [1.165, 1.54) is 0 Å². The van der Waals surface area contributed by atoms with Gasteiger partial charge in [-0.3, -0.25) is 9.78 Å². The Kier molecular flexibility index (Phi) is 3.11. The van der Waals surface area contributed by atoms with Gasteiger partial charge in [0.25, 0.3) is 0 Å². The van der Waals surface area contributed by atoms with Crippen molar-refractivity contribution in [1.82, 2.24) is 4.98 Å². The molecular weight excluding hydrogens is 274 g/mol. The van der Waals surface area contributed by atoms with Crippen LogP contribution in [0.4, 0.5) is 0 Å². The zero-order valence-corrected chi connectivity index (χ0v) is 12.0. The number of aromatic nitrogens is 1. The first-order valence-corrected chi connectivity index (χ1v) is 7.43. The molecule has 3 nitrogen and oxygen atoms in total. The van der Waals surface area contributed by atoms with Crippen molar-refractivity contribution < 1.29 is 9.21 Å². The second kappa shape index (κ2) is 5.26. The van der Waals surface area contributed by atoms with E-state index in [2.05, 4.69) is 4.98 Å². The van der Waals surface area contributed by atoms with Gasteiger partial charge in [0.05, 0.1) is 12.0 Å². The number of ketones is 1. The standard InChI is InChI=1S/C19H15NO2/c21-17-12-14(18-7-4-10-22-18)11-16-19(17)15(8-9-20-16)13-5-2-1-3-6-13/h1-10,14H,11-12H2/t14-/m0/s1. The van der Waals surface area contributed by atoms with Crippen molar-refractivity contribution in [3.05, 3.63) is 78.0 Å². The lowest BCUT2D eigenvalue weighted by Gasteiger charge is -2.23. The van der Waals surface area contributed by atoms with Crippen molar-refractivity contribution >= 4 is 5.78 Å². The Balaban J connectivity index is 1.79. The van der Waals surface area contributed by atoms with Crippen LogP contribution in [0, 0.1) is 0 Å². The molecule has 0 N–H and O–H groups in total. The lowest BCUT2D eigenvalue weighted by Crippen LogP contribution is -2.20. The third-order valence-electron chi connectivity index (χ3n) is 4.21. The predicted octanol–water partition coefficient (Wildman–Crippen LogP) is 4.25. The summed E-state index contributed by atoms with van der Waals surface area (Å²) >= 11 is 0. The largest absolute Gasteiger partial charge is 0.469 e. The van der Waals surface area contributed by atoms with Crippen molar-refractivity contribution in [3.8, 4) is 11.1 Å². The molecule has 0 aliphatic heterocycles. The maximum atomic E-state index is 12.7. The van der Waals surface area contributed by atoms with Gasteiger partial charge in [0.15, 0.2) is 5.78 Å². The van der Waals surface area contributed by atoms with Crippen LogP contribution in [0.1, 0.15) is 34.2 Å². The fourth-order valence-corrected chi connectivity index (χ4v) is 3.19. The molecule has 1 aliphatic rings. The minimum absolute atomic E-state index is 0.0912. The minimum atomic E-state index is 0.0912. The van der Waals surface area contributed by atoms with Crippen molar-refractivity contribution in [3.63, 3.8) is 0 Å². The molecule has 2 heterocycles. The summed E-state index contributed by atoms with van der Waals surface area (Å²) in [5.41, 5.74) is 3.69. The second-order valence-corrected chi connectivity index (χ2v) is 5.59. The number of carbonyl (C=O) groups excluding carboxylic acids is 1. The number of rotatable bonds is 2. The van der Waals surface area contributed by atoms with Crippen LogP contribution in [-0.4, -0.2) is 10.8 Å². The first-order chi connectivity index (χ1) is 10.8. The molecule has 22 heavy (non-hydrogen) atoms. The fraction of sp³-hybridized carbons (Fsp3) is 0.158. The quantitative estimate of drug-likeness (QED) is 0.708. The van der Waals surface area contributed by atoms with Crippen LogP contribution >= 0.6 is 0 Å². The number of hydrogen-bond donors (Lipinski definition) is 0. The van der Waals surface area contributed by atoms with Crippen LogP contribution < -0.4 is 0 Å². The highest BCUT2D eigenvalue weighted by atomic mass is 16.3. The highest BCUT2D eigenvalue weighted by Gasteiger charge is 2.30. The molecular formula is C19H15NO2. The number of hydrogen-bond acceptors (Lipinski definition) is 3. The van der Waals surface area contributed by atoms with Gasteiger partial charge in [-0.1, -0.05) is 30.3 Å². The summed E-state index contributed by atoms with van der Waals surface area (Å²) in [6.45, 7) is 0. The van der Waals surface area contributed by atoms with Crippen LogP contribution in [0.25, 0.3) is 11.1 Å². The Morgan fingerprint density at radius 2 is 1.86 bits per heavy atom. The van der Waals surface area contributed by atoms with E-state index in [4.69, 9.17) is 4.42 Å². The van der Waals surface area contributed by atoms with Gasteiger partial charge < -0.3 is 4.42 Å². The van der Waals surface area contributed by atoms with Gasteiger partial charge in [-0.2, -0.15) is 0 Å². The first kappa shape index (κ1) is 13.0. The van der Waals surface area contributed by atoms with Crippen LogP contribution in [0.2, 0.25) is 0 Å². The third-order valence-corrected chi connectivity index (χ3v) is 4.21. The maximum absolute atomic E-state index is 12.7. The van der Waals surface area contributed by atoms with E-state index in [0.29, 0.717) is 6.42 Å².